The van der Waals surface area contributed by atoms with Gasteiger partial charge in [0.1, 0.15) is 0 Å². The molecule has 0 aromatic heterocycles. The molecule has 0 radical (unpaired) electrons. The summed E-state index contributed by atoms with van der Waals surface area (Å²) >= 11 is 0. The van der Waals surface area contributed by atoms with Gasteiger partial charge in [0, 0.05) is 19.1 Å². The summed E-state index contributed by atoms with van der Waals surface area (Å²) < 4.78 is 5.93. The molecule has 15 heavy (non-hydrogen) atoms. The van der Waals surface area contributed by atoms with E-state index < -0.39 is 0 Å². The smallest absolute Gasteiger partial charge is 0.0647 e. The van der Waals surface area contributed by atoms with Gasteiger partial charge in [-0.2, -0.15) is 0 Å². The lowest BCUT2D eigenvalue weighted by atomic mass is 9.83. The van der Waals surface area contributed by atoms with Crippen molar-refractivity contribution in [3.05, 3.63) is 12.2 Å². The molecule has 1 fully saturated rings. The normalized spacial score (nSPS) is 35.9. The molecule has 0 spiro atoms. The predicted molar refractivity (Wildman–Crippen MR) is 62.9 cm³/mol. The third-order valence-electron chi connectivity index (χ3n) is 3.69. The maximum Gasteiger partial charge on any atom is 0.0647 e. The number of nitrogens with one attached hydrogen (secondary N) is 1. The van der Waals surface area contributed by atoms with Crippen LogP contribution >= 0.6 is 0 Å². The van der Waals surface area contributed by atoms with E-state index in [0.717, 1.165) is 31.5 Å². The Morgan fingerprint density at radius 1 is 1.33 bits per heavy atom. The van der Waals surface area contributed by atoms with Gasteiger partial charge < -0.3 is 10.1 Å². The molecule has 1 N–H and O–H groups in total. The van der Waals surface area contributed by atoms with Crippen molar-refractivity contribution < 1.29 is 4.74 Å². The van der Waals surface area contributed by atoms with E-state index in [1.165, 1.54) is 25.7 Å². The lowest BCUT2D eigenvalue weighted by molar-refractivity contribution is 0.0380. The van der Waals surface area contributed by atoms with Gasteiger partial charge in [-0.05, 0) is 38.1 Å². The molecule has 0 bridgehead atoms. The first-order valence-electron chi connectivity index (χ1n) is 6.39. The maximum absolute atomic E-state index is 5.93. The summed E-state index contributed by atoms with van der Waals surface area (Å²) in [5, 5.41) is 3.46. The van der Waals surface area contributed by atoms with Crippen molar-refractivity contribution in [2.24, 2.45) is 11.8 Å². The van der Waals surface area contributed by atoms with Crippen LogP contribution < -0.4 is 5.32 Å². The predicted octanol–water partition coefficient (Wildman–Crippen LogP) is 2.36. The zero-order valence-corrected chi connectivity index (χ0v) is 9.74. The Kier molecular flexibility index (Phi) is 4.21. The molecular formula is C13H23NO. The fourth-order valence-electron chi connectivity index (χ4n) is 2.84. The summed E-state index contributed by atoms with van der Waals surface area (Å²) in [5.74, 6) is 1.53. The first kappa shape index (κ1) is 11.2. The van der Waals surface area contributed by atoms with Crippen LogP contribution in [0.15, 0.2) is 12.2 Å². The SMILES string of the molecule is CCNCC1CCOC1C1CC=CCC1. The second-order valence-corrected chi connectivity index (χ2v) is 4.74. The van der Waals surface area contributed by atoms with E-state index in [2.05, 4.69) is 24.4 Å². The molecule has 1 aliphatic carbocycles. The molecule has 0 aromatic carbocycles. The minimum atomic E-state index is 0.522. The lowest BCUT2D eigenvalue weighted by Gasteiger charge is -2.28. The van der Waals surface area contributed by atoms with Gasteiger partial charge in [0.25, 0.3) is 0 Å². The summed E-state index contributed by atoms with van der Waals surface area (Å²) in [6, 6.07) is 0. The van der Waals surface area contributed by atoms with E-state index >= 15 is 0 Å². The van der Waals surface area contributed by atoms with Crippen LogP contribution in [0.1, 0.15) is 32.6 Å². The fraction of sp³-hybridized carbons (Fsp3) is 0.846. The Balaban J connectivity index is 1.86. The molecule has 0 aromatic rings. The van der Waals surface area contributed by atoms with Crippen molar-refractivity contribution in [3.8, 4) is 0 Å². The van der Waals surface area contributed by atoms with Gasteiger partial charge in [0.2, 0.25) is 0 Å². The van der Waals surface area contributed by atoms with E-state index in [9.17, 15) is 0 Å². The average molecular weight is 209 g/mol. The Hall–Kier alpha value is -0.340. The molecule has 3 unspecified atom stereocenters. The van der Waals surface area contributed by atoms with Gasteiger partial charge >= 0.3 is 0 Å². The van der Waals surface area contributed by atoms with E-state index in [4.69, 9.17) is 4.74 Å². The van der Waals surface area contributed by atoms with E-state index in [1.54, 1.807) is 0 Å². The van der Waals surface area contributed by atoms with Gasteiger partial charge in [-0.3, -0.25) is 0 Å². The lowest BCUT2D eigenvalue weighted by Crippen LogP contribution is -2.33. The second-order valence-electron chi connectivity index (χ2n) is 4.74. The van der Waals surface area contributed by atoms with Gasteiger partial charge in [0.05, 0.1) is 6.10 Å². The summed E-state index contributed by atoms with van der Waals surface area (Å²) in [4.78, 5) is 0. The molecule has 1 saturated heterocycles. The van der Waals surface area contributed by atoms with Gasteiger partial charge in [-0.15, -0.1) is 0 Å². The van der Waals surface area contributed by atoms with Crippen molar-refractivity contribution in [1.29, 1.82) is 0 Å². The Bertz CT molecular complexity index is 215. The molecule has 2 nitrogen and oxygen atoms in total. The van der Waals surface area contributed by atoms with E-state index in [-0.39, 0.29) is 0 Å². The highest BCUT2D eigenvalue weighted by molar-refractivity contribution is 4.95. The van der Waals surface area contributed by atoms with Crippen LogP contribution in [0, 0.1) is 11.8 Å². The summed E-state index contributed by atoms with van der Waals surface area (Å²) in [7, 11) is 0. The van der Waals surface area contributed by atoms with Crippen LogP contribution in [-0.2, 0) is 4.74 Å². The number of rotatable bonds is 4. The molecule has 3 atom stereocenters. The van der Waals surface area contributed by atoms with Crippen molar-refractivity contribution in [2.45, 2.75) is 38.7 Å². The van der Waals surface area contributed by atoms with Crippen LogP contribution in [0.4, 0.5) is 0 Å². The molecular weight excluding hydrogens is 186 g/mol. The van der Waals surface area contributed by atoms with Crippen LogP contribution in [0.5, 0.6) is 0 Å². The molecule has 1 aliphatic heterocycles. The highest BCUT2D eigenvalue weighted by atomic mass is 16.5. The topological polar surface area (TPSA) is 21.3 Å². The van der Waals surface area contributed by atoms with Gasteiger partial charge in [-0.25, -0.2) is 0 Å². The Labute approximate surface area is 93.1 Å². The van der Waals surface area contributed by atoms with Crippen molar-refractivity contribution in [3.63, 3.8) is 0 Å². The standard InChI is InChI=1S/C13H23NO/c1-2-14-10-12-8-9-15-13(12)11-6-4-3-5-7-11/h3-4,11-14H,2,5-10H2,1H3. The molecule has 0 saturated carbocycles. The first-order valence-corrected chi connectivity index (χ1v) is 6.39. The summed E-state index contributed by atoms with van der Waals surface area (Å²) in [6.45, 7) is 5.37. The third kappa shape index (κ3) is 2.82. The second kappa shape index (κ2) is 5.66. The van der Waals surface area contributed by atoms with E-state index in [1.807, 2.05) is 0 Å². The largest absolute Gasteiger partial charge is 0.378 e. The third-order valence-corrected chi connectivity index (χ3v) is 3.69. The number of ether oxygens (including phenoxy) is 1. The van der Waals surface area contributed by atoms with Crippen LogP contribution in [-0.4, -0.2) is 25.8 Å². The van der Waals surface area contributed by atoms with Crippen molar-refractivity contribution in [2.75, 3.05) is 19.7 Å². The molecule has 1 heterocycles. The number of hydrogen-bond acceptors (Lipinski definition) is 2. The van der Waals surface area contributed by atoms with Crippen molar-refractivity contribution in [1.82, 2.24) is 5.32 Å². The molecule has 0 amide bonds. The molecule has 2 rings (SSSR count). The summed E-state index contributed by atoms with van der Waals surface area (Å²) in [6.07, 6.45) is 10.2. The molecule has 2 aliphatic rings. The van der Waals surface area contributed by atoms with Crippen molar-refractivity contribution >= 4 is 0 Å². The fourth-order valence-corrected chi connectivity index (χ4v) is 2.84. The molecule has 2 heteroatoms. The van der Waals surface area contributed by atoms with Crippen LogP contribution in [0.3, 0.4) is 0 Å². The monoisotopic (exact) mass is 209 g/mol. The highest BCUT2D eigenvalue weighted by Crippen LogP contribution is 2.33. The highest BCUT2D eigenvalue weighted by Gasteiger charge is 2.33. The Morgan fingerprint density at radius 2 is 2.27 bits per heavy atom. The zero-order valence-electron chi connectivity index (χ0n) is 9.74. The van der Waals surface area contributed by atoms with Gasteiger partial charge in [0.15, 0.2) is 0 Å². The average Bonchev–Trinajstić information content (AvgIpc) is 2.75. The quantitative estimate of drug-likeness (QED) is 0.718. The molecule has 86 valence electrons. The summed E-state index contributed by atoms with van der Waals surface area (Å²) in [5.41, 5.74) is 0. The van der Waals surface area contributed by atoms with Gasteiger partial charge in [-0.1, -0.05) is 19.1 Å². The Morgan fingerprint density at radius 3 is 3.00 bits per heavy atom. The maximum atomic E-state index is 5.93. The van der Waals surface area contributed by atoms with Crippen LogP contribution in [0.25, 0.3) is 0 Å². The van der Waals surface area contributed by atoms with Crippen LogP contribution in [0.2, 0.25) is 0 Å². The minimum Gasteiger partial charge on any atom is -0.378 e. The number of allylic oxidation sites excluding steroid dienone is 2. The first-order chi connectivity index (χ1) is 7.42. The van der Waals surface area contributed by atoms with E-state index in [0.29, 0.717) is 6.10 Å². The zero-order chi connectivity index (χ0) is 10.5. The number of hydrogen-bond donors (Lipinski definition) is 1. The minimum absolute atomic E-state index is 0.522.